The lowest BCUT2D eigenvalue weighted by atomic mass is 9.94. The monoisotopic (exact) mass is 269 g/mol. The van der Waals surface area contributed by atoms with Gasteiger partial charge in [0.1, 0.15) is 11.6 Å². The standard InChI is InChI=1S/C15H19N5/c1-16-14-6-2-5-13(19-14)12-4-3-9-20(11-12)15-10-17-7-8-18-15/h2,5-8,10,12H,3-4,9,11H2,1H3,(H,16,19). The van der Waals surface area contributed by atoms with E-state index in [1.807, 2.05) is 19.3 Å². The maximum Gasteiger partial charge on any atom is 0.147 e. The summed E-state index contributed by atoms with van der Waals surface area (Å²) in [5, 5.41) is 3.10. The molecule has 0 radical (unpaired) electrons. The van der Waals surface area contributed by atoms with Gasteiger partial charge in [0.15, 0.2) is 0 Å². The molecule has 1 aliphatic heterocycles. The van der Waals surface area contributed by atoms with E-state index >= 15 is 0 Å². The Bertz CT molecular complexity index is 557. The van der Waals surface area contributed by atoms with Crippen LogP contribution in [0.5, 0.6) is 0 Å². The molecule has 0 spiro atoms. The molecular formula is C15H19N5. The van der Waals surface area contributed by atoms with Crippen LogP contribution in [0.2, 0.25) is 0 Å². The van der Waals surface area contributed by atoms with Gasteiger partial charge in [-0.25, -0.2) is 9.97 Å². The molecule has 5 heteroatoms. The highest BCUT2D eigenvalue weighted by Crippen LogP contribution is 2.28. The Hall–Kier alpha value is -2.17. The largest absolute Gasteiger partial charge is 0.373 e. The van der Waals surface area contributed by atoms with E-state index in [0.717, 1.165) is 36.8 Å². The molecule has 0 saturated carbocycles. The topological polar surface area (TPSA) is 53.9 Å². The van der Waals surface area contributed by atoms with Gasteiger partial charge in [0.25, 0.3) is 0 Å². The number of rotatable bonds is 3. The van der Waals surface area contributed by atoms with Crippen molar-refractivity contribution >= 4 is 11.6 Å². The predicted octanol–water partition coefficient (Wildman–Crippen LogP) is 2.30. The van der Waals surface area contributed by atoms with Crippen molar-refractivity contribution in [1.82, 2.24) is 15.0 Å². The molecule has 1 atom stereocenters. The van der Waals surface area contributed by atoms with Gasteiger partial charge < -0.3 is 10.2 Å². The van der Waals surface area contributed by atoms with Crippen molar-refractivity contribution in [2.45, 2.75) is 18.8 Å². The maximum absolute atomic E-state index is 4.67. The molecule has 1 fully saturated rings. The minimum absolute atomic E-state index is 0.457. The summed E-state index contributed by atoms with van der Waals surface area (Å²) in [6.45, 7) is 2.00. The Kier molecular flexibility index (Phi) is 3.76. The third-order valence-corrected chi connectivity index (χ3v) is 3.74. The average molecular weight is 269 g/mol. The van der Waals surface area contributed by atoms with Gasteiger partial charge in [-0.15, -0.1) is 0 Å². The summed E-state index contributed by atoms with van der Waals surface area (Å²) in [7, 11) is 1.90. The molecule has 3 heterocycles. The predicted molar refractivity (Wildman–Crippen MR) is 80.0 cm³/mol. The van der Waals surface area contributed by atoms with Gasteiger partial charge in [0.05, 0.1) is 6.20 Å². The molecule has 2 aromatic rings. The van der Waals surface area contributed by atoms with Crippen molar-refractivity contribution in [1.29, 1.82) is 0 Å². The summed E-state index contributed by atoms with van der Waals surface area (Å²) in [6, 6.07) is 6.17. The van der Waals surface area contributed by atoms with E-state index in [4.69, 9.17) is 0 Å². The molecule has 0 aliphatic carbocycles. The van der Waals surface area contributed by atoms with E-state index in [0.29, 0.717) is 5.92 Å². The second-order valence-electron chi connectivity index (χ2n) is 5.05. The normalized spacial score (nSPS) is 18.9. The second-order valence-corrected chi connectivity index (χ2v) is 5.05. The number of nitrogens with one attached hydrogen (secondary N) is 1. The first-order chi connectivity index (χ1) is 9.86. The molecule has 0 aromatic carbocycles. The average Bonchev–Trinajstić information content (AvgIpc) is 2.56. The van der Waals surface area contributed by atoms with E-state index in [1.165, 1.54) is 6.42 Å². The number of aromatic nitrogens is 3. The number of piperidine rings is 1. The molecule has 2 aromatic heterocycles. The summed E-state index contributed by atoms with van der Waals surface area (Å²) < 4.78 is 0. The van der Waals surface area contributed by atoms with Crippen LogP contribution in [0.3, 0.4) is 0 Å². The van der Waals surface area contributed by atoms with Crippen LogP contribution in [0, 0.1) is 0 Å². The van der Waals surface area contributed by atoms with E-state index in [1.54, 1.807) is 12.4 Å². The first kappa shape index (κ1) is 12.8. The highest BCUT2D eigenvalue weighted by Gasteiger charge is 2.23. The van der Waals surface area contributed by atoms with Crippen LogP contribution >= 0.6 is 0 Å². The van der Waals surface area contributed by atoms with Crippen molar-refractivity contribution < 1.29 is 0 Å². The highest BCUT2D eigenvalue weighted by atomic mass is 15.2. The molecular weight excluding hydrogens is 250 g/mol. The smallest absolute Gasteiger partial charge is 0.147 e. The van der Waals surface area contributed by atoms with Crippen LogP contribution in [-0.4, -0.2) is 35.1 Å². The minimum Gasteiger partial charge on any atom is -0.373 e. The zero-order valence-electron chi connectivity index (χ0n) is 11.7. The Balaban J connectivity index is 1.78. The third kappa shape index (κ3) is 2.71. The van der Waals surface area contributed by atoms with E-state index < -0.39 is 0 Å². The van der Waals surface area contributed by atoms with Crippen molar-refractivity contribution in [2.24, 2.45) is 0 Å². The Labute approximate surface area is 119 Å². The highest BCUT2D eigenvalue weighted by molar-refractivity contribution is 5.39. The van der Waals surface area contributed by atoms with Gasteiger partial charge in [0, 0.05) is 44.1 Å². The van der Waals surface area contributed by atoms with Crippen molar-refractivity contribution in [3.63, 3.8) is 0 Å². The molecule has 1 unspecified atom stereocenters. The second kappa shape index (κ2) is 5.86. The van der Waals surface area contributed by atoms with Crippen molar-refractivity contribution in [3.05, 3.63) is 42.5 Å². The Morgan fingerprint density at radius 1 is 1.30 bits per heavy atom. The fraction of sp³-hybridized carbons (Fsp3) is 0.400. The van der Waals surface area contributed by atoms with Gasteiger partial charge in [-0.3, -0.25) is 4.98 Å². The summed E-state index contributed by atoms with van der Waals surface area (Å²) in [6.07, 6.45) is 7.63. The number of pyridine rings is 1. The molecule has 1 aliphatic rings. The number of hydrogen-bond acceptors (Lipinski definition) is 5. The lowest BCUT2D eigenvalue weighted by Gasteiger charge is -2.33. The van der Waals surface area contributed by atoms with Gasteiger partial charge in [-0.1, -0.05) is 6.07 Å². The lowest BCUT2D eigenvalue weighted by Crippen LogP contribution is -2.35. The van der Waals surface area contributed by atoms with Crippen LogP contribution < -0.4 is 10.2 Å². The van der Waals surface area contributed by atoms with Gasteiger partial charge in [-0.05, 0) is 25.0 Å². The van der Waals surface area contributed by atoms with E-state index in [9.17, 15) is 0 Å². The molecule has 0 bridgehead atoms. The lowest BCUT2D eigenvalue weighted by molar-refractivity contribution is 0.498. The van der Waals surface area contributed by atoms with E-state index in [-0.39, 0.29) is 0 Å². The Morgan fingerprint density at radius 3 is 3.05 bits per heavy atom. The van der Waals surface area contributed by atoms with Crippen LogP contribution in [0.4, 0.5) is 11.6 Å². The molecule has 5 nitrogen and oxygen atoms in total. The molecule has 1 saturated heterocycles. The maximum atomic E-state index is 4.67. The quantitative estimate of drug-likeness (QED) is 0.926. The first-order valence-electron chi connectivity index (χ1n) is 7.02. The first-order valence-corrected chi connectivity index (χ1v) is 7.02. The van der Waals surface area contributed by atoms with E-state index in [2.05, 4.69) is 37.3 Å². The number of hydrogen-bond donors (Lipinski definition) is 1. The van der Waals surface area contributed by atoms with Crippen LogP contribution in [0.25, 0.3) is 0 Å². The molecule has 1 N–H and O–H groups in total. The van der Waals surface area contributed by atoms with Crippen molar-refractivity contribution in [2.75, 3.05) is 30.4 Å². The SMILES string of the molecule is CNc1cccc(C2CCCN(c3cnccn3)C2)n1. The summed E-state index contributed by atoms with van der Waals surface area (Å²) in [5.74, 6) is 2.35. The van der Waals surface area contributed by atoms with Gasteiger partial charge in [0.2, 0.25) is 0 Å². The molecule has 20 heavy (non-hydrogen) atoms. The van der Waals surface area contributed by atoms with Crippen LogP contribution in [0.1, 0.15) is 24.5 Å². The van der Waals surface area contributed by atoms with Gasteiger partial charge in [-0.2, -0.15) is 0 Å². The molecule has 0 amide bonds. The Morgan fingerprint density at radius 2 is 2.25 bits per heavy atom. The zero-order chi connectivity index (χ0) is 13.8. The van der Waals surface area contributed by atoms with Gasteiger partial charge >= 0.3 is 0 Å². The van der Waals surface area contributed by atoms with Crippen molar-refractivity contribution in [3.8, 4) is 0 Å². The fourth-order valence-corrected chi connectivity index (χ4v) is 2.70. The zero-order valence-corrected chi connectivity index (χ0v) is 11.7. The number of anilines is 2. The fourth-order valence-electron chi connectivity index (χ4n) is 2.70. The summed E-state index contributed by atoms with van der Waals surface area (Å²) in [5.41, 5.74) is 1.16. The minimum atomic E-state index is 0.457. The summed E-state index contributed by atoms with van der Waals surface area (Å²) >= 11 is 0. The molecule has 3 rings (SSSR count). The third-order valence-electron chi connectivity index (χ3n) is 3.74. The van der Waals surface area contributed by atoms with Crippen LogP contribution in [0.15, 0.2) is 36.8 Å². The summed E-state index contributed by atoms with van der Waals surface area (Å²) in [4.78, 5) is 15.5. The number of nitrogens with zero attached hydrogens (tertiary/aromatic N) is 4. The molecule has 104 valence electrons. The van der Waals surface area contributed by atoms with Crippen LogP contribution in [-0.2, 0) is 0 Å².